The van der Waals surface area contributed by atoms with E-state index in [2.05, 4.69) is 4.72 Å². The second kappa shape index (κ2) is 12.3. The van der Waals surface area contributed by atoms with Gasteiger partial charge in [0.25, 0.3) is 0 Å². The van der Waals surface area contributed by atoms with Crippen molar-refractivity contribution in [3.05, 3.63) is 28.8 Å². The molecule has 45 heavy (non-hydrogen) atoms. The number of nitrogens with one attached hydrogen (secondary N) is 1. The third-order valence-electron chi connectivity index (χ3n) is 9.15. The average Bonchev–Trinajstić information content (AvgIpc) is 3.36. The van der Waals surface area contributed by atoms with Gasteiger partial charge in [-0.2, -0.15) is 26.3 Å². The minimum absolute atomic E-state index is 0.0134. The number of alkyl halides is 6. The summed E-state index contributed by atoms with van der Waals surface area (Å²) in [5, 5.41) is 0. The van der Waals surface area contributed by atoms with Gasteiger partial charge >= 0.3 is 18.3 Å². The number of benzene rings is 1. The molecule has 3 aliphatic rings. The first-order valence-corrected chi connectivity index (χ1v) is 16.6. The molecule has 1 aromatic carbocycles. The lowest BCUT2D eigenvalue weighted by Gasteiger charge is -2.42. The molecule has 1 aromatic rings. The summed E-state index contributed by atoms with van der Waals surface area (Å²) < 4.78 is 117. The van der Waals surface area contributed by atoms with Crippen LogP contribution in [0.25, 0.3) is 0 Å². The topological polar surface area (TPSA) is 96.0 Å². The molecule has 1 N–H and O–H groups in total. The van der Waals surface area contributed by atoms with Crippen molar-refractivity contribution in [2.75, 3.05) is 19.8 Å². The van der Waals surface area contributed by atoms with E-state index >= 15 is 0 Å². The van der Waals surface area contributed by atoms with E-state index in [1.165, 1.54) is 4.90 Å². The number of halogens is 6. The second-order valence-corrected chi connectivity index (χ2v) is 15.4. The number of sulfonamides is 1. The number of carbonyl (C=O) groups excluding carboxylic acids is 2. The molecule has 2 amide bonds. The number of amides is 2. The number of nitrogens with zero attached hydrogens (tertiary/aromatic N) is 2. The van der Waals surface area contributed by atoms with Crippen molar-refractivity contribution in [1.82, 2.24) is 14.5 Å². The molecule has 2 aliphatic heterocycles. The highest BCUT2D eigenvalue weighted by molar-refractivity contribution is 7.89. The maximum atomic E-state index is 14.3. The van der Waals surface area contributed by atoms with Gasteiger partial charge in [-0.3, -0.25) is 9.59 Å². The molecule has 8 nitrogen and oxygen atoms in total. The van der Waals surface area contributed by atoms with Gasteiger partial charge in [0.15, 0.2) is 0 Å². The Kier molecular flexibility index (Phi) is 9.72. The Hall–Kier alpha value is -2.39. The molecular weight excluding hydrogens is 628 g/mol. The first kappa shape index (κ1) is 35.5. The summed E-state index contributed by atoms with van der Waals surface area (Å²) in [4.78, 5) is 28.7. The van der Waals surface area contributed by atoms with E-state index < -0.39 is 67.7 Å². The largest absolute Gasteiger partial charge is 0.471 e. The molecule has 2 atom stereocenters. The Morgan fingerprint density at radius 3 is 2.18 bits per heavy atom. The fourth-order valence-corrected chi connectivity index (χ4v) is 8.76. The van der Waals surface area contributed by atoms with E-state index in [-0.39, 0.29) is 81.9 Å². The Morgan fingerprint density at radius 1 is 1.02 bits per heavy atom. The third kappa shape index (κ3) is 7.45. The zero-order valence-corrected chi connectivity index (χ0v) is 26.9. The highest BCUT2D eigenvalue weighted by atomic mass is 32.2. The molecule has 15 heteroatoms. The number of carbonyl (C=O) groups is 2. The van der Waals surface area contributed by atoms with Crippen LogP contribution in [0.15, 0.2) is 17.0 Å². The number of fused-ring (bicyclic) bond motifs is 1. The highest BCUT2D eigenvalue weighted by Gasteiger charge is 2.55. The van der Waals surface area contributed by atoms with Crippen molar-refractivity contribution in [3.8, 4) is 0 Å². The van der Waals surface area contributed by atoms with Crippen molar-refractivity contribution in [2.45, 2.75) is 115 Å². The Labute approximate surface area is 259 Å². The van der Waals surface area contributed by atoms with E-state index in [9.17, 15) is 44.3 Å². The molecule has 2 heterocycles. The fourth-order valence-electron chi connectivity index (χ4n) is 7.00. The van der Waals surface area contributed by atoms with Crippen LogP contribution in [-0.4, -0.2) is 73.6 Å². The van der Waals surface area contributed by atoms with Gasteiger partial charge in [0.1, 0.15) is 0 Å². The molecule has 0 aromatic heterocycles. The first-order chi connectivity index (χ1) is 20.6. The molecule has 4 rings (SSSR count). The van der Waals surface area contributed by atoms with Crippen molar-refractivity contribution in [2.24, 2.45) is 11.3 Å². The average molecular weight is 670 g/mol. The number of ether oxygens (including phenoxy) is 1. The molecular formula is C30H41F6N3O5S. The maximum Gasteiger partial charge on any atom is 0.471 e. The minimum atomic E-state index is -5.10. The normalized spacial score (nSPS) is 23.7. The summed E-state index contributed by atoms with van der Waals surface area (Å²) in [6.07, 6.45) is -9.18. The van der Waals surface area contributed by atoms with Gasteiger partial charge in [0, 0.05) is 43.9 Å². The van der Waals surface area contributed by atoms with Crippen LogP contribution in [-0.2, 0) is 43.5 Å². The maximum absolute atomic E-state index is 14.3. The molecule has 0 radical (unpaired) electrons. The molecule has 2 fully saturated rings. The van der Waals surface area contributed by atoms with Gasteiger partial charge in [0.05, 0.1) is 15.9 Å². The molecule has 0 spiro atoms. The van der Waals surface area contributed by atoms with Gasteiger partial charge < -0.3 is 14.5 Å². The molecule has 254 valence electrons. The zero-order chi connectivity index (χ0) is 33.8. The van der Waals surface area contributed by atoms with Crippen LogP contribution in [0.2, 0.25) is 0 Å². The third-order valence-corrected chi connectivity index (χ3v) is 11.0. The van der Waals surface area contributed by atoms with E-state index in [0.29, 0.717) is 6.07 Å². The molecule has 1 saturated carbocycles. The summed E-state index contributed by atoms with van der Waals surface area (Å²) in [5.74, 6) is -2.73. The van der Waals surface area contributed by atoms with Crippen molar-refractivity contribution >= 4 is 21.8 Å². The lowest BCUT2D eigenvalue weighted by molar-refractivity contribution is -0.192. The van der Waals surface area contributed by atoms with Gasteiger partial charge in [-0.1, -0.05) is 13.8 Å². The Balaban J connectivity index is 1.68. The van der Waals surface area contributed by atoms with Gasteiger partial charge in [-0.15, -0.1) is 0 Å². The number of hydrogen-bond acceptors (Lipinski definition) is 5. The summed E-state index contributed by atoms with van der Waals surface area (Å²) in [6, 6.07) is -0.0769. The summed E-state index contributed by atoms with van der Waals surface area (Å²) >= 11 is 0. The lowest BCUT2D eigenvalue weighted by atomic mass is 9.73. The van der Waals surface area contributed by atoms with Crippen LogP contribution in [0, 0.1) is 11.3 Å². The molecule has 0 unspecified atom stereocenters. The molecule has 1 saturated heterocycles. The van der Waals surface area contributed by atoms with Crippen LogP contribution >= 0.6 is 0 Å². The number of rotatable bonds is 6. The lowest BCUT2D eigenvalue weighted by Crippen LogP contribution is -2.54. The molecule has 1 aliphatic carbocycles. The number of hydrogen-bond donors (Lipinski definition) is 1. The highest BCUT2D eigenvalue weighted by Crippen LogP contribution is 2.49. The van der Waals surface area contributed by atoms with Crippen LogP contribution in [0.4, 0.5) is 26.3 Å². The van der Waals surface area contributed by atoms with E-state index in [1.807, 2.05) is 0 Å². The second-order valence-electron chi connectivity index (χ2n) is 13.7. The van der Waals surface area contributed by atoms with Crippen molar-refractivity contribution in [3.63, 3.8) is 0 Å². The standard InChI is InChI=1S/C30H41F6N3O5S/c1-18(2)28(10-6-22(16-28)39(26(41)30(34,35)36)21-8-12-44-13-9-21)25(40)38-11-7-23-19(17-38)14-20(29(31,32)33)15-24(23)45(42,43)37-27(3,4)5/h14-15,18,21-22,37H,6-13,16-17H2,1-5H3/t22-,28+/m1/s1. The van der Waals surface area contributed by atoms with Crippen LogP contribution in [0.5, 0.6) is 0 Å². The van der Waals surface area contributed by atoms with E-state index in [1.54, 1.807) is 34.6 Å². The van der Waals surface area contributed by atoms with Crippen molar-refractivity contribution < 1.29 is 49.1 Å². The van der Waals surface area contributed by atoms with E-state index in [0.717, 1.165) is 11.0 Å². The Bertz CT molecular complexity index is 1400. The zero-order valence-electron chi connectivity index (χ0n) is 26.1. The quantitative estimate of drug-likeness (QED) is 0.408. The fraction of sp³-hybridized carbons (Fsp3) is 0.733. The van der Waals surface area contributed by atoms with E-state index in [4.69, 9.17) is 4.74 Å². The summed E-state index contributed by atoms with van der Waals surface area (Å²) in [5.41, 5.74) is -3.06. The first-order valence-electron chi connectivity index (χ1n) is 15.1. The Morgan fingerprint density at radius 2 is 1.64 bits per heavy atom. The summed E-state index contributed by atoms with van der Waals surface area (Å²) in [7, 11) is -4.36. The van der Waals surface area contributed by atoms with Gasteiger partial charge in [-0.05, 0) is 88.5 Å². The van der Waals surface area contributed by atoms with Crippen LogP contribution < -0.4 is 4.72 Å². The minimum Gasteiger partial charge on any atom is -0.381 e. The van der Waals surface area contributed by atoms with Gasteiger partial charge in [-0.25, -0.2) is 13.1 Å². The predicted octanol–water partition coefficient (Wildman–Crippen LogP) is 5.43. The monoisotopic (exact) mass is 669 g/mol. The summed E-state index contributed by atoms with van der Waals surface area (Å²) in [6.45, 7) is 8.39. The molecule has 0 bridgehead atoms. The van der Waals surface area contributed by atoms with Crippen LogP contribution in [0.1, 0.15) is 83.4 Å². The van der Waals surface area contributed by atoms with Crippen LogP contribution in [0.3, 0.4) is 0 Å². The SMILES string of the molecule is CC(C)[C@]1(C(=O)N2CCc3c(cc(C(F)(F)F)cc3S(=O)(=O)NC(C)(C)C)C2)CC[C@@H](N(C(=O)C(F)(F)F)C2CCOCC2)C1. The van der Waals surface area contributed by atoms with Crippen molar-refractivity contribution in [1.29, 1.82) is 0 Å². The predicted molar refractivity (Wildman–Crippen MR) is 152 cm³/mol. The smallest absolute Gasteiger partial charge is 0.381 e. The van der Waals surface area contributed by atoms with Gasteiger partial charge in [0.2, 0.25) is 15.9 Å².